The van der Waals surface area contributed by atoms with Crippen molar-refractivity contribution in [2.24, 2.45) is 5.41 Å². The molecule has 1 N–H and O–H groups in total. The second kappa shape index (κ2) is 5.34. The highest BCUT2D eigenvalue weighted by molar-refractivity contribution is 4.94. The van der Waals surface area contributed by atoms with Crippen LogP contribution < -0.4 is 5.32 Å². The van der Waals surface area contributed by atoms with E-state index in [1.165, 1.54) is 32.1 Å². The first-order valence-corrected chi connectivity index (χ1v) is 8.05. The van der Waals surface area contributed by atoms with Gasteiger partial charge in [0.1, 0.15) is 0 Å². The SMILES string of the molecule is CC1(C)CCCC(NC2CCOC3(CCOC3)C2)C1. The fourth-order valence-electron chi connectivity index (χ4n) is 4.21. The highest BCUT2D eigenvalue weighted by Gasteiger charge is 2.41. The summed E-state index contributed by atoms with van der Waals surface area (Å²) in [6.45, 7) is 7.41. The molecule has 0 radical (unpaired) electrons. The molecule has 0 aromatic heterocycles. The van der Waals surface area contributed by atoms with E-state index in [0.29, 0.717) is 17.5 Å². The molecule has 3 fully saturated rings. The highest BCUT2D eigenvalue weighted by atomic mass is 16.6. The zero-order valence-corrected chi connectivity index (χ0v) is 12.5. The van der Waals surface area contributed by atoms with Gasteiger partial charge in [0.25, 0.3) is 0 Å². The number of hydrogen-bond acceptors (Lipinski definition) is 3. The van der Waals surface area contributed by atoms with Crippen LogP contribution in [0.25, 0.3) is 0 Å². The molecule has 0 amide bonds. The summed E-state index contributed by atoms with van der Waals surface area (Å²) in [6, 6.07) is 1.35. The van der Waals surface area contributed by atoms with Gasteiger partial charge in [0.15, 0.2) is 0 Å². The van der Waals surface area contributed by atoms with Gasteiger partial charge in [-0.2, -0.15) is 0 Å². The van der Waals surface area contributed by atoms with E-state index in [4.69, 9.17) is 9.47 Å². The van der Waals surface area contributed by atoms with Crippen molar-refractivity contribution in [2.75, 3.05) is 19.8 Å². The second-order valence-electron chi connectivity index (χ2n) is 7.65. The summed E-state index contributed by atoms with van der Waals surface area (Å²) in [7, 11) is 0. The maximum atomic E-state index is 6.02. The predicted octanol–water partition coefficient (Wildman–Crippen LogP) is 2.88. The molecule has 1 saturated carbocycles. The van der Waals surface area contributed by atoms with E-state index in [2.05, 4.69) is 19.2 Å². The van der Waals surface area contributed by atoms with E-state index in [0.717, 1.165) is 32.7 Å². The van der Waals surface area contributed by atoms with E-state index >= 15 is 0 Å². The summed E-state index contributed by atoms with van der Waals surface area (Å²) in [4.78, 5) is 0. The maximum absolute atomic E-state index is 6.02. The molecule has 19 heavy (non-hydrogen) atoms. The van der Waals surface area contributed by atoms with Gasteiger partial charge in [0.05, 0.1) is 12.2 Å². The lowest BCUT2D eigenvalue weighted by atomic mass is 9.74. The molecule has 3 atom stereocenters. The van der Waals surface area contributed by atoms with Gasteiger partial charge in [-0.05, 0) is 37.5 Å². The Labute approximate surface area is 117 Å². The minimum atomic E-state index is 0.0418. The molecule has 0 bridgehead atoms. The third-order valence-electron chi connectivity index (χ3n) is 5.24. The standard InChI is InChI=1S/C16H29NO2/c1-15(2)6-3-4-13(10-15)17-14-5-8-19-16(11-14)7-9-18-12-16/h13-14,17H,3-12H2,1-2H3. The van der Waals surface area contributed by atoms with Crippen LogP contribution in [-0.4, -0.2) is 37.5 Å². The average Bonchev–Trinajstić information content (AvgIpc) is 2.76. The van der Waals surface area contributed by atoms with Gasteiger partial charge in [-0.3, -0.25) is 0 Å². The third kappa shape index (κ3) is 3.32. The smallest absolute Gasteiger partial charge is 0.0951 e. The summed E-state index contributed by atoms with van der Waals surface area (Å²) in [5, 5.41) is 3.93. The van der Waals surface area contributed by atoms with Crippen molar-refractivity contribution in [2.45, 2.75) is 76.5 Å². The Bertz CT molecular complexity index is 310. The molecule has 3 heteroatoms. The number of hydrogen-bond donors (Lipinski definition) is 1. The van der Waals surface area contributed by atoms with Crippen molar-refractivity contribution in [1.82, 2.24) is 5.32 Å². The number of nitrogens with one attached hydrogen (secondary N) is 1. The maximum Gasteiger partial charge on any atom is 0.0951 e. The van der Waals surface area contributed by atoms with Crippen LogP contribution in [-0.2, 0) is 9.47 Å². The van der Waals surface area contributed by atoms with Crippen molar-refractivity contribution in [3.63, 3.8) is 0 Å². The van der Waals surface area contributed by atoms with Gasteiger partial charge in [-0.15, -0.1) is 0 Å². The molecule has 3 aliphatic rings. The van der Waals surface area contributed by atoms with Gasteiger partial charge in [0.2, 0.25) is 0 Å². The van der Waals surface area contributed by atoms with Crippen LogP contribution in [0.4, 0.5) is 0 Å². The Balaban J connectivity index is 1.54. The molecule has 0 aromatic rings. The van der Waals surface area contributed by atoms with E-state index in [1.54, 1.807) is 0 Å². The Kier molecular flexibility index (Phi) is 3.89. The van der Waals surface area contributed by atoms with Gasteiger partial charge in [-0.1, -0.05) is 20.3 Å². The molecule has 0 aromatic carbocycles. The lowest BCUT2D eigenvalue weighted by Crippen LogP contribution is -2.51. The van der Waals surface area contributed by atoms with Crippen LogP contribution in [0.5, 0.6) is 0 Å². The molecule has 3 unspecified atom stereocenters. The summed E-state index contributed by atoms with van der Waals surface area (Å²) in [5.41, 5.74) is 0.565. The first-order chi connectivity index (χ1) is 9.07. The largest absolute Gasteiger partial charge is 0.378 e. The Morgan fingerprint density at radius 1 is 1.00 bits per heavy atom. The van der Waals surface area contributed by atoms with Crippen LogP contribution in [0, 0.1) is 5.41 Å². The van der Waals surface area contributed by atoms with Crippen molar-refractivity contribution in [3.05, 3.63) is 0 Å². The zero-order chi connectivity index (χ0) is 13.3. The van der Waals surface area contributed by atoms with Crippen LogP contribution in [0.1, 0.15) is 58.8 Å². The molecule has 1 aliphatic carbocycles. The summed E-state index contributed by atoms with van der Waals surface area (Å²) in [5.74, 6) is 0. The molecule has 3 rings (SSSR count). The predicted molar refractivity (Wildman–Crippen MR) is 76.3 cm³/mol. The van der Waals surface area contributed by atoms with Crippen LogP contribution in [0.15, 0.2) is 0 Å². The molecule has 1 spiro atoms. The summed E-state index contributed by atoms with van der Waals surface area (Å²) < 4.78 is 11.6. The average molecular weight is 267 g/mol. The fourth-order valence-corrected chi connectivity index (χ4v) is 4.21. The van der Waals surface area contributed by atoms with E-state index in [1.807, 2.05) is 0 Å². The van der Waals surface area contributed by atoms with Gasteiger partial charge in [0, 0.05) is 31.7 Å². The van der Waals surface area contributed by atoms with E-state index < -0.39 is 0 Å². The zero-order valence-electron chi connectivity index (χ0n) is 12.5. The summed E-state index contributed by atoms with van der Waals surface area (Å²) in [6.07, 6.45) is 8.83. The quantitative estimate of drug-likeness (QED) is 0.834. The molecular formula is C16H29NO2. The van der Waals surface area contributed by atoms with Crippen LogP contribution in [0.3, 0.4) is 0 Å². The van der Waals surface area contributed by atoms with Gasteiger partial charge >= 0.3 is 0 Å². The molecule has 110 valence electrons. The Hall–Kier alpha value is -0.120. The molecule has 2 saturated heterocycles. The lowest BCUT2D eigenvalue weighted by molar-refractivity contribution is -0.0911. The van der Waals surface area contributed by atoms with Gasteiger partial charge < -0.3 is 14.8 Å². The fraction of sp³-hybridized carbons (Fsp3) is 1.00. The van der Waals surface area contributed by atoms with Crippen LogP contribution >= 0.6 is 0 Å². The highest BCUT2D eigenvalue weighted by Crippen LogP contribution is 2.37. The second-order valence-corrected chi connectivity index (χ2v) is 7.65. The van der Waals surface area contributed by atoms with Crippen molar-refractivity contribution >= 4 is 0 Å². The van der Waals surface area contributed by atoms with E-state index in [9.17, 15) is 0 Å². The van der Waals surface area contributed by atoms with Crippen molar-refractivity contribution in [3.8, 4) is 0 Å². The first-order valence-electron chi connectivity index (χ1n) is 8.05. The Morgan fingerprint density at radius 2 is 1.84 bits per heavy atom. The van der Waals surface area contributed by atoms with Gasteiger partial charge in [-0.25, -0.2) is 0 Å². The monoisotopic (exact) mass is 267 g/mol. The Morgan fingerprint density at radius 3 is 2.58 bits per heavy atom. The molecular weight excluding hydrogens is 238 g/mol. The summed E-state index contributed by atoms with van der Waals surface area (Å²) >= 11 is 0. The minimum absolute atomic E-state index is 0.0418. The normalized spacial score (nSPS) is 42.6. The first kappa shape index (κ1) is 13.8. The minimum Gasteiger partial charge on any atom is -0.378 e. The van der Waals surface area contributed by atoms with Crippen molar-refractivity contribution < 1.29 is 9.47 Å². The molecule has 2 heterocycles. The third-order valence-corrected chi connectivity index (χ3v) is 5.24. The molecule has 2 aliphatic heterocycles. The number of ether oxygens (including phenoxy) is 2. The lowest BCUT2D eigenvalue weighted by Gasteiger charge is -2.42. The van der Waals surface area contributed by atoms with E-state index in [-0.39, 0.29) is 5.60 Å². The topological polar surface area (TPSA) is 30.5 Å². The number of rotatable bonds is 2. The van der Waals surface area contributed by atoms with Crippen LogP contribution in [0.2, 0.25) is 0 Å². The van der Waals surface area contributed by atoms with Crippen molar-refractivity contribution in [1.29, 1.82) is 0 Å². The molecule has 3 nitrogen and oxygen atoms in total.